The summed E-state index contributed by atoms with van der Waals surface area (Å²) in [4.78, 5) is 5.17. The van der Waals surface area contributed by atoms with Crippen LogP contribution in [0, 0.1) is 0 Å². The first-order chi connectivity index (χ1) is 16.9. The van der Waals surface area contributed by atoms with Gasteiger partial charge in [0.05, 0.1) is 17.5 Å². The van der Waals surface area contributed by atoms with E-state index in [0.29, 0.717) is 39.6 Å². The van der Waals surface area contributed by atoms with Crippen LogP contribution >= 0.6 is 0 Å². The quantitative estimate of drug-likeness (QED) is 0.205. The van der Waals surface area contributed by atoms with Gasteiger partial charge in [-0.2, -0.15) is 0 Å². The molecular formula is C25H56N2O6Si2. The Kier molecular flexibility index (Phi) is 16.7. The molecule has 1 rings (SSSR count). The number of hydrogen-bond donors (Lipinski definition) is 0. The zero-order valence-corrected chi connectivity index (χ0v) is 26.3. The average molecular weight is 537 g/mol. The van der Waals surface area contributed by atoms with Crippen LogP contribution in [0.2, 0.25) is 0 Å². The lowest BCUT2D eigenvalue weighted by Gasteiger charge is -2.52. The van der Waals surface area contributed by atoms with Crippen molar-refractivity contribution in [1.82, 2.24) is 9.80 Å². The van der Waals surface area contributed by atoms with Gasteiger partial charge in [-0.3, -0.25) is 9.80 Å². The third-order valence-electron chi connectivity index (χ3n) is 6.73. The van der Waals surface area contributed by atoms with Gasteiger partial charge in [-0.05, 0) is 87.2 Å². The summed E-state index contributed by atoms with van der Waals surface area (Å²) in [6.07, 6.45) is 5.57. The minimum atomic E-state index is -3.09. The van der Waals surface area contributed by atoms with Crippen molar-refractivity contribution in [3.8, 4) is 0 Å². The van der Waals surface area contributed by atoms with E-state index in [9.17, 15) is 0 Å². The maximum Gasteiger partial charge on any atom is 0.519 e. The minimum Gasteiger partial charge on any atom is -0.373 e. The first-order valence-corrected chi connectivity index (χ1v) is 17.9. The normalized spacial score (nSPS) is 18.7. The summed E-state index contributed by atoms with van der Waals surface area (Å²) in [7, 11) is -6.17. The van der Waals surface area contributed by atoms with Gasteiger partial charge in [0.2, 0.25) is 0 Å². The Morgan fingerprint density at radius 3 is 1.14 bits per heavy atom. The van der Waals surface area contributed by atoms with Crippen molar-refractivity contribution in [2.75, 3.05) is 52.7 Å². The second kappa shape index (κ2) is 17.6. The molecule has 0 aromatic heterocycles. The van der Waals surface area contributed by atoms with Gasteiger partial charge in [0.1, 0.15) is 0 Å². The molecule has 10 heteroatoms. The summed E-state index contributed by atoms with van der Waals surface area (Å²) < 4.78 is 39.0. The summed E-state index contributed by atoms with van der Waals surface area (Å²) >= 11 is 0. The molecule has 3 unspecified atom stereocenters. The highest BCUT2D eigenvalue weighted by molar-refractivity contribution is 6.64. The zero-order chi connectivity index (χ0) is 26.3. The highest BCUT2D eigenvalue weighted by Gasteiger charge is 2.60. The largest absolute Gasteiger partial charge is 0.519 e. The number of likely N-dealkylation sites (tertiary alicyclic amines) is 1. The van der Waals surface area contributed by atoms with E-state index < -0.39 is 17.6 Å². The van der Waals surface area contributed by atoms with Crippen molar-refractivity contribution in [1.29, 1.82) is 0 Å². The van der Waals surface area contributed by atoms with Crippen molar-refractivity contribution in [3.63, 3.8) is 0 Å². The monoisotopic (exact) mass is 536 g/mol. The van der Waals surface area contributed by atoms with E-state index in [-0.39, 0.29) is 17.5 Å². The zero-order valence-electron chi connectivity index (χ0n) is 24.3. The minimum absolute atomic E-state index is 0.0440. The fourth-order valence-corrected chi connectivity index (χ4v) is 12.3. The van der Waals surface area contributed by atoms with Gasteiger partial charge in [0, 0.05) is 39.6 Å². The molecule has 1 saturated heterocycles. The van der Waals surface area contributed by atoms with E-state index in [0.717, 1.165) is 25.9 Å². The predicted octanol–water partition coefficient (Wildman–Crippen LogP) is 4.85. The predicted molar refractivity (Wildman–Crippen MR) is 146 cm³/mol. The molecule has 0 aromatic carbocycles. The van der Waals surface area contributed by atoms with Gasteiger partial charge in [0.25, 0.3) is 0 Å². The average Bonchev–Trinajstić information content (AvgIpc) is 2.85. The molecule has 0 spiro atoms. The van der Waals surface area contributed by atoms with Crippen LogP contribution in [0.4, 0.5) is 0 Å². The van der Waals surface area contributed by atoms with Crippen LogP contribution in [-0.4, -0.2) is 97.6 Å². The molecule has 0 aliphatic carbocycles. The Hall–Kier alpha value is 0.114. The van der Waals surface area contributed by atoms with Crippen molar-refractivity contribution in [2.45, 2.75) is 112 Å². The topological polar surface area (TPSA) is 61.9 Å². The molecule has 8 nitrogen and oxygen atoms in total. The molecule has 0 bridgehead atoms. The van der Waals surface area contributed by atoms with Crippen molar-refractivity contribution in [2.24, 2.45) is 0 Å². The highest BCUT2D eigenvalue weighted by Crippen LogP contribution is 2.34. The molecule has 0 aromatic rings. The maximum atomic E-state index is 6.50. The van der Waals surface area contributed by atoms with Gasteiger partial charge in [-0.15, -0.1) is 0 Å². The van der Waals surface area contributed by atoms with Gasteiger partial charge in [-0.25, -0.2) is 0 Å². The van der Waals surface area contributed by atoms with Crippen LogP contribution < -0.4 is 0 Å². The van der Waals surface area contributed by atoms with Crippen molar-refractivity contribution in [3.05, 3.63) is 0 Å². The van der Waals surface area contributed by atoms with Crippen LogP contribution in [0.1, 0.15) is 94.4 Å². The Morgan fingerprint density at radius 1 is 0.571 bits per heavy atom. The molecule has 0 radical (unpaired) electrons. The first-order valence-electron chi connectivity index (χ1n) is 14.3. The lowest BCUT2D eigenvalue weighted by molar-refractivity contribution is -0.0492. The molecule has 0 amide bonds. The molecule has 210 valence electrons. The molecule has 1 aliphatic heterocycles. The number of hydrogen-bond acceptors (Lipinski definition) is 8. The van der Waals surface area contributed by atoms with Gasteiger partial charge < -0.3 is 26.6 Å². The molecule has 35 heavy (non-hydrogen) atoms. The van der Waals surface area contributed by atoms with E-state index >= 15 is 0 Å². The lowest BCUT2D eigenvalue weighted by atomic mass is 10.1. The maximum absolute atomic E-state index is 6.50. The second-order valence-corrected chi connectivity index (χ2v) is 14.3. The van der Waals surface area contributed by atoms with Gasteiger partial charge in [0.15, 0.2) is 0 Å². The van der Waals surface area contributed by atoms with E-state index in [2.05, 4.69) is 30.6 Å². The molecule has 1 fully saturated rings. The standard InChI is InChI=1S/C25H56N2O6Si2/c1-10-24(34(28-12-3,29-13-4)30-14-5)27(23(9)26-21-19-18-20-22-26)25(11-2)35(31-15-6,32-16-7)33-17-8/h23-25H,10-22H2,1-9H3. The summed E-state index contributed by atoms with van der Waals surface area (Å²) in [6, 6.07) is 0. The Balaban J connectivity index is 3.75. The Bertz CT molecular complexity index is 474. The van der Waals surface area contributed by atoms with E-state index in [1.165, 1.54) is 19.3 Å². The van der Waals surface area contributed by atoms with Crippen molar-refractivity contribution >= 4 is 17.6 Å². The van der Waals surface area contributed by atoms with Gasteiger partial charge >= 0.3 is 17.6 Å². The number of piperidine rings is 1. The van der Waals surface area contributed by atoms with Crippen LogP contribution in [0.15, 0.2) is 0 Å². The fourth-order valence-electron chi connectivity index (χ4n) is 5.54. The van der Waals surface area contributed by atoms with E-state index in [4.69, 9.17) is 26.6 Å². The smallest absolute Gasteiger partial charge is 0.373 e. The number of nitrogens with zero attached hydrogens (tertiary/aromatic N) is 2. The molecule has 1 heterocycles. The van der Waals surface area contributed by atoms with E-state index in [1.54, 1.807) is 0 Å². The SMILES string of the molecule is CCO[Si](OCC)(OCC)C(CC)N(C(C)N1CCCCC1)C(CC)[Si](OCC)(OCC)OCC. The van der Waals surface area contributed by atoms with Gasteiger partial charge in [-0.1, -0.05) is 20.3 Å². The van der Waals surface area contributed by atoms with Crippen LogP contribution in [0.25, 0.3) is 0 Å². The molecule has 0 N–H and O–H groups in total. The molecule has 3 atom stereocenters. The van der Waals surface area contributed by atoms with Crippen molar-refractivity contribution < 1.29 is 26.6 Å². The fraction of sp³-hybridized carbons (Fsp3) is 1.00. The summed E-state index contributed by atoms with van der Waals surface area (Å²) in [5.41, 5.74) is -0.0880. The summed E-state index contributed by atoms with van der Waals surface area (Å²) in [5, 5.41) is 0. The van der Waals surface area contributed by atoms with E-state index in [1.807, 2.05) is 41.5 Å². The lowest BCUT2D eigenvalue weighted by Crippen LogP contribution is -2.74. The third-order valence-corrected chi connectivity index (χ3v) is 13.9. The first kappa shape index (κ1) is 33.1. The molecule has 0 saturated carbocycles. The summed E-state index contributed by atoms with van der Waals surface area (Å²) in [6.45, 7) is 24.4. The summed E-state index contributed by atoms with van der Waals surface area (Å²) in [5.74, 6) is 0. The molecule has 1 aliphatic rings. The number of rotatable bonds is 20. The third kappa shape index (κ3) is 8.56. The Morgan fingerprint density at radius 2 is 0.886 bits per heavy atom. The highest BCUT2D eigenvalue weighted by atomic mass is 28.4. The second-order valence-electron chi connectivity index (χ2n) is 8.83. The van der Waals surface area contributed by atoms with Crippen LogP contribution in [-0.2, 0) is 26.6 Å². The molecular weight excluding hydrogens is 480 g/mol. The van der Waals surface area contributed by atoms with Crippen LogP contribution in [0.3, 0.4) is 0 Å². The Labute approximate surface area is 218 Å². The van der Waals surface area contributed by atoms with Crippen LogP contribution in [0.5, 0.6) is 0 Å².